The number of fused-ring (bicyclic) bond motifs is 1. The molecule has 0 N–H and O–H groups in total. The molecule has 6 nitrogen and oxygen atoms in total. The Morgan fingerprint density at radius 3 is 2.45 bits per heavy atom. The van der Waals surface area contributed by atoms with Gasteiger partial charge in [0.1, 0.15) is 5.75 Å². The second-order valence-electron chi connectivity index (χ2n) is 4.41. The molecule has 2 aromatic rings. The minimum Gasteiger partial charge on any atom is -0.497 e. The molecule has 0 aliphatic carbocycles. The van der Waals surface area contributed by atoms with Crippen molar-refractivity contribution in [3.05, 3.63) is 36.0 Å². The van der Waals surface area contributed by atoms with Gasteiger partial charge in [0.15, 0.2) is 0 Å². The fraction of sp³-hybridized carbons (Fsp3) is 0.400. The van der Waals surface area contributed by atoms with E-state index in [9.17, 15) is 4.57 Å². The highest BCUT2D eigenvalue weighted by atomic mass is 31.2. The number of phosphoric acid groups is 1. The summed E-state index contributed by atoms with van der Waals surface area (Å²) >= 11 is 0. The molecular weight excluding hydrogens is 305 g/mol. The van der Waals surface area contributed by atoms with E-state index >= 15 is 0 Å². The number of ether oxygens (including phenoxy) is 1. The molecule has 0 bridgehead atoms. The number of hydrogen-bond donors (Lipinski definition) is 0. The van der Waals surface area contributed by atoms with Gasteiger partial charge in [-0.2, -0.15) is 0 Å². The summed E-state index contributed by atoms with van der Waals surface area (Å²) in [4.78, 5) is 4.29. The zero-order valence-electron chi connectivity index (χ0n) is 12.9. The van der Waals surface area contributed by atoms with Gasteiger partial charge in [0, 0.05) is 11.6 Å². The second kappa shape index (κ2) is 7.70. The summed E-state index contributed by atoms with van der Waals surface area (Å²) in [6, 6.07) is 7.38. The number of methoxy groups -OCH3 is 1. The fourth-order valence-electron chi connectivity index (χ4n) is 2.01. The predicted molar refractivity (Wildman–Crippen MR) is 83.9 cm³/mol. The minimum atomic E-state index is -3.53. The minimum absolute atomic E-state index is 0.101. The zero-order chi connectivity index (χ0) is 16.0. The van der Waals surface area contributed by atoms with E-state index < -0.39 is 7.82 Å². The van der Waals surface area contributed by atoms with E-state index in [0.29, 0.717) is 0 Å². The van der Waals surface area contributed by atoms with E-state index in [2.05, 4.69) is 4.98 Å². The highest BCUT2D eigenvalue weighted by molar-refractivity contribution is 7.48. The SMILES string of the molecule is CCOP(=O)(OCC)OCc1ccnc2ccc(OC)cc12. The molecule has 0 saturated heterocycles. The van der Waals surface area contributed by atoms with Crippen LogP contribution < -0.4 is 4.74 Å². The molecule has 22 heavy (non-hydrogen) atoms. The monoisotopic (exact) mass is 325 g/mol. The summed E-state index contributed by atoms with van der Waals surface area (Å²) < 4.78 is 33.2. The molecule has 0 aliphatic heterocycles. The molecule has 0 fully saturated rings. The van der Waals surface area contributed by atoms with Crippen LogP contribution in [0.2, 0.25) is 0 Å². The number of rotatable bonds is 8. The zero-order valence-corrected chi connectivity index (χ0v) is 13.8. The van der Waals surface area contributed by atoms with Gasteiger partial charge in [0.2, 0.25) is 0 Å². The average molecular weight is 325 g/mol. The Morgan fingerprint density at radius 1 is 1.09 bits per heavy atom. The molecule has 0 saturated carbocycles. The molecular formula is C15H20NO5P. The summed E-state index contributed by atoms with van der Waals surface area (Å²) in [7, 11) is -1.93. The van der Waals surface area contributed by atoms with Crippen LogP contribution >= 0.6 is 7.82 Å². The molecule has 7 heteroatoms. The van der Waals surface area contributed by atoms with Crippen molar-refractivity contribution in [1.29, 1.82) is 0 Å². The highest BCUT2D eigenvalue weighted by Gasteiger charge is 2.25. The molecule has 2 rings (SSSR count). The van der Waals surface area contributed by atoms with E-state index in [1.807, 2.05) is 24.3 Å². The molecule has 1 heterocycles. The summed E-state index contributed by atoms with van der Waals surface area (Å²) in [5.41, 5.74) is 1.65. The number of hydrogen-bond acceptors (Lipinski definition) is 6. The first-order valence-corrected chi connectivity index (χ1v) is 8.53. The molecule has 1 aromatic carbocycles. The van der Waals surface area contributed by atoms with Crippen molar-refractivity contribution < 1.29 is 22.9 Å². The Bertz CT molecular complexity index is 666. The van der Waals surface area contributed by atoms with Crippen LogP contribution in [0.1, 0.15) is 19.4 Å². The van der Waals surface area contributed by atoms with Crippen LogP contribution in [0, 0.1) is 0 Å². The van der Waals surface area contributed by atoms with Gasteiger partial charge in [-0.1, -0.05) is 0 Å². The fourth-order valence-corrected chi connectivity index (χ4v) is 3.16. The van der Waals surface area contributed by atoms with E-state index in [-0.39, 0.29) is 19.8 Å². The van der Waals surface area contributed by atoms with Crippen molar-refractivity contribution >= 4 is 18.7 Å². The Balaban J connectivity index is 2.25. The van der Waals surface area contributed by atoms with Gasteiger partial charge >= 0.3 is 7.82 Å². The Hall–Kier alpha value is -1.46. The van der Waals surface area contributed by atoms with Crippen molar-refractivity contribution in [3.63, 3.8) is 0 Å². The third kappa shape index (κ3) is 4.05. The van der Waals surface area contributed by atoms with E-state index in [1.54, 1.807) is 27.2 Å². The first-order valence-electron chi connectivity index (χ1n) is 7.07. The van der Waals surface area contributed by atoms with Crippen molar-refractivity contribution in [2.45, 2.75) is 20.5 Å². The Morgan fingerprint density at radius 2 is 1.82 bits per heavy atom. The van der Waals surface area contributed by atoms with Crippen molar-refractivity contribution in [2.24, 2.45) is 0 Å². The molecule has 0 radical (unpaired) electrons. The summed E-state index contributed by atoms with van der Waals surface area (Å²) in [6.07, 6.45) is 1.68. The summed E-state index contributed by atoms with van der Waals surface area (Å²) in [5.74, 6) is 0.722. The third-order valence-electron chi connectivity index (χ3n) is 2.99. The van der Waals surface area contributed by atoms with Crippen molar-refractivity contribution in [2.75, 3.05) is 20.3 Å². The number of benzene rings is 1. The normalized spacial score (nSPS) is 11.8. The van der Waals surface area contributed by atoms with Crippen LogP contribution in [0.5, 0.6) is 5.75 Å². The number of pyridine rings is 1. The van der Waals surface area contributed by atoms with Crippen LogP contribution in [0.3, 0.4) is 0 Å². The molecule has 1 aromatic heterocycles. The van der Waals surface area contributed by atoms with Gasteiger partial charge in [-0.3, -0.25) is 18.6 Å². The van der Waals surface area contributed by atoms with Gasteiger partial charge in [0.25, 0.3) is 0 Å². The van der Waals surface area contributed by atoms with Gasteiger partial charge in [0.05, 0.1) is 32.4 Å². The topological polar surface area (TPSA) is 66.9 Å². The van der Waals surface area contributed by atoms with Crippen molar-refractivity contribution in [3.8, 4) is 5.75 Å². The molecule has 0 amide bonds. The van der Waals surface area contributed by atoms with Crippen LogP contribution in [0.15, 0.2) is 30.5 Å². The third-order valence-corrected chi connectivity index (χ3v) is 4.59. The van der Waals surface area contributed by atoms with E-state index in [4.69, 9.17) is 18.3 Å². The lowest BCUT2D eigenvalue weighted by atomic mass is 10.1. The number of phosphoric ester groups is 1. The first kappa shape index (κ1) is 16.9. The molecule has 0 spiro atoms. The molecule has 120 valence electrons. The predicted octanol–water partition coefficient (Wildman–Crippen LogP) is 3.94. The molecule has 0 aliphatic rings. The molecule has 0 atom stereocenters. The maximum Gasteiger partial charge on any atom is 0.475 e. The van der Waals surface area contributed by atoms with Crippen LogP contribution in [0.25, 0.3) is 10.9 Å². The average Bonchev–Trinajstić information content (AvgIpc) is 2.53. The Labute approximate surface area is 130 Å². The van der Waals surface area contributed by atoms with Gasteiger partial charge in [-0.05, 0) is 43.7 Å². The van der Waals surface area contributed by atoms with Crippen LogP contribution in [-0.4, -0.2) is 25.3 Å². The van der Waals surface area contributed by atoms with Crippen LogP contribution in [-0.2, 0) is 24.7 Å². The summed E-state index contributed by atoms with van der Waals surface area (Å²) in [5, 5.41) is 0.876. The standard InChI is InChI=1S/C15H20NO5P/c1-4-19-22(17,20-5-2)21-11-12-8-9-16-15-7-6-13(18-3)10-14(12)15/h6-10H,4-5,11H2,1-3H3. The van der Waals surface area contributed by atoms with Crippen LogP contribution in [0.4, 0.5) is 0 Å². The second-order valence-corrected chi connectivity index (χ2v) is 6.08. The molecule has 0 unspecified atom stereocenters. The van der Waals surface area contributed by atoms with Crippen molar-refractivity contribution in [1.82, 2.24) is 4.98 Å². The number of aromatic nitrogens is 1. The maximum atomic E-state index is 12.3. The first-order chi connectivity index (χ1) is 10.6. The lowest BCUT2D eigenvalue weighted by Crippen LogP contribution is -2.01. The largest absolute Gasteiger partial charge is 0.497 e. The van der Waals surface area contributed by atoms with E-state index in [0.717, 1.165) is 22.2 Å². The smallest absolute Gasteiger partial charge is 0.475 e. The highest BCUT2D eigenvalue weighted by Crippen LogP contribution is 2.50. The van der Waals surface area contributed by atoms with Gasteiger partial charge < -0.3 is 4.74 Å². The van der Waals surface area contributed by atoms with Gasteiger partial charge in [-0.25, -0.2) is 4.57 Å². The lowest BCUT2D eigenvalue weighted by molar-refractivity contribution is 0.116. The lowest BCUT2D eigenvalue weighted by Gasteiger charge is -2.17. The van der Waals surface area contributed by atoms with E-state index in [1.165, 1.54) is 0 Å². The van der Waals surface area contributed by atoms with Gasteiger partial charge in [-0.15, -0.1) is 0 Å². The summed E-state index contributed by atoms with van der Waals surface area (Å²) in [6.45, 7) is 4.08. The number of nitrogens with zero attached hydrogens (tertiary/aromatic N) is 1. The maximum absolute atomic E-state index is 12.3. The quantitative estimate of drug-likeness (QED) is 0.685. The Kier molecular flexibility index (Phi) is 5.91.